The molecule has 0 fully saturated rings. The number of rotatable bonds is 8. The minimum absolute atomic E-state index is 0.111. The van der Waals surface area contributed by atoms with Crippen LogP contribution in [0.5, 0.6) is 5.75 Å². The second-order valence-corrected chi connectivity index (χ2v) is 8.98. The second kappa shape index (κ2) is 10.8. The fourth-order valence-electron chi connectivity index (χ4n) is 4.14. The number of halogens is 1. The first-order valence-electron chi connectivity index (χ1n) is 11.6. The number of aliphatic hydroxyl groups excluding tert-OH is 1. The van der Waals surface area contributed by atoms with Crippen molar-refractivity contribution in [2.75, 3.05) is 0 Å². The zero-order valence-corrected chi connectivity index (χ0v) is 20.4. The third-order valence-corrected chi connectivity index (χ3v) is 5.63. The van der Waals surface area contributed by atoms with Crippen molar-refractivity contribution in [2.24, 2.45) is 0 Å². The van der Waals surface area contributed by atoms with Crippen LogP contribution in [0, 0.1) is 5.82 Å². The van der Waals surface area contributed by atoms with Gasteiger partial charge in [0.15, 0.2) is 0 Å². The molecule has 0 saturated carbocycles. The van der Waals surface area contributed by atoms with Gasteiger partial charge in [0.05, 0.1) is 11.8 Å². The molecule has 0 amide bonds. The second-order valence-electron chi connectivity index (χ2n) is 8.98. The van der Waals surface area contributed by atoms with Crippen LogP contribution in [0.3, 0.4) is 0 Å². The summed E-state index contributed by atoms with van der Waals surface area (Å²) >= 11 is 0. The number of nitrogens with zero attached hydrogens (tertiary/aromatic N) is 1. The van der Waals surface area contributed by atoms with Crippen LogP contribution in [0.15, 0.2) is 54.6 Å². The van der Waals surface area contributed by atoms with E-state index < -0.39 is 6.10 Å². The molecule has 1 N–H and O–H groups in total. The van der Waals surface area contributed by atoms with Gasteiger partial charge in [-0.1, -0.05) is 70.2 Å². The fourth-order valence-corrected chi connectivity index (χ4v) is 4.14. The van der Waals surface area contributed by atoms with Gasteiger partial charge in [-0.2, -0.15) is 0 Å². The summed E-state index contributed by atoms with van der Waals surface area (Å²) < 4.78 is 20.5. The van der Waals surface area contributed by atoms with Crippen molar-refractivity contribution in [1.82, 2.24) is 4.98 Å². The van der Waals surface area contributed by atoms with E-state index in [4.69, 9.17) is 9.72 Å². The van der Waals surface area contributed by atoms with E-state index in [1.54, 1.807) is 13.0 Å². The third-order valence-electron chi connectivity index (χ3n) is 5.63. The molecule has 0 saturated heterocycles. The van der Waals surface area contributed by atoms with Gasteiger partial charge in [0.2, 0.25) is 0 Å². The Labute approximate surface area is 197 Å². The third kappa shape index (κ3) is 5.51. The van der Waals surface area contributed by atoms with E-state index in [1.807, 2.05) is 49.4 Å². The number of ether oxygens (including phenoxy) is 1. The Bertz CT molecular complexity index is 1120. The lowest BCUT2D eigenvalue weighted by Gasteiger charge is -2.26. The monoisotopic (exact) mass is 447 g/mol. The maximum Gasteiger partial charge on any atom is 0.130 e. The standard InChI is InChI=1S/C29H34FNO2/c1-7-11-24-27(26(20(6)32)29(19(4)5)31-28(24)18(2)3)23-15-14-22(30)16-25(23)33-17-21-12-9-8-10-13-21/h7-16,18-20,32H,17H2,1-6H3/b11-7+/t20-/m1/s1. The predicted molar refractivity (Wildman–Crippen MR) is 134 cm³/mol. The Balaban J connectivity index is 2.32. The van der Waals surface area contributed by atoms with Crippen LogP contribution in [-0.4, -0.2) is 10.1 Å². The molecule has 3 aromatic rings. The van der Waals surface area contributed by atoms with Crippen molar-refractivity contribution in [3.05, 3.63) is 88.5 Å². The highest BCUT2D eigenvalue weighted by Gasteiger charge is 2.26. The van der Waals surface area contributed by atoms with Gasteiger partial charge in [-0.25, -0.2) is 4.39 Å². The quantitative estimate of drug-likeness (QED) is 0.383. The van der Waals surface area contributed by atoms with Gasteiger partial charge < -0.3 is 9.84 Å². The minimum Gasteiger partial charge on any atom is -0.488 e. The van der Waals surface area contributed by atoms with Gasteiger partial charge in [-0.05, 0) is 43.4 Å². The molecule has 3 rings (SSSR count). The molecule has 0 spiro atoms. The average molecular weight is 448 g/mol. The van der Waals surface area contributed by atoms with E-state index in [0.29, 0.717) is 12.4 Å². The number of hydrogen-bond donors (Lipinski definition) is 1. The van der Waals surface area contributed by atoms with Crippen LogP contribution in [0.2, 0.25) is 0 Å². The summed E-state index contributed by atoms with van der Waals surface area (Å²) in [5.74, 6) is 0.363. The molecule has 0 radical (unpaired) electrons. The SMILES string of the molecule is C/C=C/c1c(C(C)C)nc(C(C)C)c([C@@H](C)O)c1-c1ccc(F)cc1OCc1ccccc1. The average Bonchev–Trinajstić information content (AvgIpc) is 2.78. The Morgan fingerprint density at radius 3 is 2.21 bits per heavy atom. The number of aromatic nitrogens is 1. The zero-order chi connectivity index (χ0) is 24.1. The van der Waals surface area contributed by atoms with Gasteiger partial charge in [-0.15, -0.1) is 0 Å². The molecule has 1 aromatic heterocycles. The molecule has 0 unspecified atom stereocenters. The molecular weight excluding hydrogens is 413 g/mol. The van der Waals surface area contributed by atoms with Gasteiger partial charge in [-0.3, -0.25) is 4.98 Å². The highest BCUT2D eigenvalue weighted by molar-refractivity contribution is 5.84. The highest BCUT2D eigenvalue weighted by Crippen LogP contribution is 2.43. The number of allylic oxidation sites excluding steroid dienone is 1. The first-order valence-corrected chi connectivity index (χ1v) is 11.6. The molecule has 3 nitrogen and oxygen atoms in total. The zero-order valence-electron chi connectivity index (χ0n) is 20.4. The Kier molecular flexibility index (Phi) is 8.04. The molecule has 4 heteroatoms. The predicted octanol–water partition coefficient (Wildman–Crippen LogP) is 7.80. The van der Waals surface area contributed by atoms with E-state index in [9.17, 15) is 9.50 Å². The number of aliphatic hydroxyl groups is 1. The molecule has 174 valence electrons. The minimum atomic E-state index is -0.748. The van der Waals surface area contributed by atoms with Crippen LogP contribution >= 0.6 is 0 Å². The summed E-state index contributed by atoms with van der Waals surface area (Å²) in [6.45, 7) is 12.4. The Morgan fingerprint density at radius 2 is 1.64 bits per heavy atom. The maximum atomic E-state index is 14.4. The summed E-state index contributed by atoms with van der Waals surface area (Å²) in [5.41, 5.74) is 6.11. The van der Waals surface area contributed by atoms with Crippen molar-refractivity contribution in [1.29, 1.82) is 0 Å². The molecule has 0 aliphatic heterocycles. The van der Waals surface area contributed by atoms with Gasteiger partial charge in [0.1, 0.15) is 18.2 Å². The maximum absolute atomic E-state index is 14.4. The van der Waals surface area contributed by atoms with Crippen LogP contribution in [0.25, 0.3) is 17.2 Å². The van der Waals surface area contributed by atoms with Gasteiger partial charge in [0, 0.05) is 34.0 Å². The number of hydrogen-bond acceptors (Lipinski definition) is 3. The van der Waals surface area contributed by atoms with E-state index in [-0.39, 0.29) is 17.7 Å². The summed E-state index contributed by atoms with van der Waals surface area (Å²) in [5, 5.41) is 10.9. The number of benzene rings is 2. The highest BCUT2D eigenvalue weighted by atomic mass is 19.1. The lowest BCUT2D eigenvalue weighted by molar-refractivity contribution is 0.197. The number of pyridine rings is 1. The van der Waals surface area contributed by atoms with E-state index in [1.165, 1.54) is 12.1 Å². The van der Waals surface area contributed by atoms with E-state index in [2.05, 4.69) is 27.7 Å². The largest absolute Gasteiger partial charge is 0.488 e. The molecule has 1 atom stereocenters. The summed E-state index contributed by atoms with van der Waals surface area (Å²) in [7, 11) is 0. The lowest BCUT2D eigenvalue weighted by atomic mass is 9.85. The summed E-state index contributed by atoms with van der Waals surface area (Å²) in [6.07, 6.45) is 3.25. The molecule has 0 bridgehead atoms. The Morgan fingerprint density at radius 1 is 0.970 bits per heavy atom. The Hall–Kier alpha value is -2.98. The van der Waals surface area contributed by atoms with Crippen molar-refractivity contribution in [3.8, 4) is 16.9 Å². The van der Waals surface area contributed by atoms with Crippen LogP contribution in [0.4, 0.5) is 4.39 Å². The van der Waals surface area contributed by atoms with Gasteiger partial charge >= 0.3 is 0 Å². The van der Waals surface area contributed by atoms with Crippen molar-refractivity contribution in [2.45, 2.75) is 66.1 Å². The summed E-state index contributed by atoms with van der Waals surface area (Å²) in [4.78, 5) is 5.01. The van der Waals surface area contributed by atoms with Crippen LogP contribution in [0.1, 0.15) is 87.6 Å². The summed E-state index contributed by atoms with van der Waals surface area (Å²) in [6, 6.07) is 14.4. The molecular formula is C29H34FNO2. The topological polar surface area (TPSA) is 42.4 Å². The van der Waals surface area contributed by atoms with Crippen LogP contribution in [-0.2, 0) is 6.61 Å². The molecule has 1 heterocycles. The van der Waals surface area contributed by atoms with Crippen molar-refractivity contribution < 1.29 is 14.2 Å². The molecule has 2 aromatic carbocycles. The van der Waals surface area contributed by atoms with Crippen molar-refractivity contribution >= 4 is 6.08 Å². The van der Waals surface area contributed by atoms with Gasteiger partial charge in [0.25, 0.3) is 0 Å². The first kappa shape index (κ1) is 24.7. The first-order chi connectivity index (χ1) is 15.7. The van der Waals surface area contributed by atoms with Crippen molar-refractivity contribution in [3.63, 3.8) is 0 Å². The lowest BCUT2D eigenvalue weighted by Crippen LogP contribution is -2.13. The smallest absolute Gasteiger partial charge is 0.130 e. The molecule has 0 aliphatic rings. The van der Waals surface area contributed by atoms with E-state index in [0.717, 1.165) is 39.2 Å². The molecule has 0 aliphatic carbocycles. The molecule has 33 heavy (non-hydrogen) atoms. The van der Waals surface area contributed by atoms with E-state index >= 15 is 0 Å². The van der Waals surface area contributed by atoms with Crippen LogP contribution < -0.4 is 4.74 Å². The fraction of sp³-hybridized carbons (Fsp3) is 0.345. The normalized spacial score (nSPS) is 12.7.